The molecule has 1 saturated carbocycles. The van der Waals surface area contributed by atoms with Crippen LogP contribution in [0.1, 0.15) is 68.1 Å². The van der Waals surface area contributed by atoms with Crippen LogP contribution in [0.25, 0.3) is 12.2 Å². The zero-order valence-corrected chi connectivity index (χ0v) is 17.1. The molecule has 0 bridgehead atoms. The van der Waals surface area contributed by atoms with Gasteiger partial charge in [-0.2, -0.15) is 0 Å². The SMILES string of the molecule is CCC(C)(CC(=O)Nc1cccc(/C=C/c2nc(C3CCC3)cs2)c1)C(=O)O. The topological polar surface area (TPSA) is 79.3 Å². The molecule has 1 heterocycles. The highest BCUT2D eigenvalue weighted by molar-refractivity contribution is 7.10. The average molecular weight is 399 g/mol. The number of amides is 1. The van der Waals surface area contributed by atoms with Crippen molar-refractivity contribution in [3.8, 4) is 0 Å². The van der Waals surface area contributed by atoms with Crippen LogP contribution in [0.2, 0.25) is 0 Å². The molecule has 3 rings (SSSR count). The van der Waals surface area contributed by atoms with Crippen LogP contribution in [0.5, 0.6) is 0 Å². The van der Waals surface area contributed by atoms with Crippen molar-refractivity contribution in [1.82, 2.24) is 4.98 Å². The lowest BCUT2D eigenvalue weighted by molar-refractivity contribution is -0.150. The van der Waals surface area contributed by atoms with Gasteiger partial charge in [0.1, 0.15) is 5.01 Å². The van der Waals surface area contributed by atoms with Crippen molar-refractivity contribution in [2.45, 2.75) is 51.9 Å². The second-order valence-electron chi connectivity index (χ2n) is 7.64. The van der Waals surface area contributed by atoms with Crippen molar-refractivity contribution in [3.05, 3.63) is 45.9 Å². The first kappa shape index (κ1) is 20.3. The number of carbonyl (C=O) groups excluding carboxylic acids is 1. The number of nitrogens with one attached hydrogen (secondary N) is 1. The van der Waals surface area contributed by atoms with Crippen LogP contribution in [0.15, 0.2) is 29.6 Å². The van der Waals surface area contributed by atoms with E-state index in [-0.39, 0.29) is 12.3 Å². The molecule has 2 aromatic rings. The Hall–Kier alpha value is -2.47. The number of aliphatic carboxylic acids is 1. The van der Waals surface area contributed by atoms with Gasteiger partial charge in [-0.3, -0.25) is 9.59 Å². The van der Waals surface area contributed by atoms with Crippen molar-refractivity contribution >= 4 is 41.1 Å². The van der Waals surface area contributed by atoms with Gasteiger partial charge in [-0.15, -0.1) is 11.3 Å². The smallest absolute Gasteiger partial charge is 0.309 e. The van der Waals surface area contributed by atoms with E-state index in [1.807, 2.05) is 30.4 Å². The molecule has 6 heteroatoms. The third-order valence-corrected chi connectivity index (χ3v) is 6.33. The summed E-state index contributed by atoms with van der Waals surface area (Å²) in [5.74, 6) is -0.610. The number of carboxylic acids is 1. The largest absolute Gasteiger partial charge is 0.481 e. The van der Waals surface area contributed by atoms with Crippen LogP contribution in [0, 0.1) is 5.41 Å². The lowest BCUT2D eigenvalue weighted by Crippen LogP contribution is -2.31. The van der Waals surface area contributed by atoms with Crippen molar-refractivity contribution in [2.75, 3.05) is 5.32 Å². The Morgan fingerprint density at radius 3 is 2.79 bits per heavy atom. The van der Waals surface area contributed by atoms with Gasteiger partial charge in [0.05, 0.1) is 11.1 Å². The molecule has 148 valence electrons. The zero-order chi connectivity index (χ0) is 20.1. The van der Waals surface area contributed by atoms with E-state index in [2.05, 4.69) is 10.7 Å². The minimum atomic E-state index is -1.05. The molecule has 1 aromatic carbocycles. The summed E-state index contributed by atoms with van der Waals surface area (Å²) in [6, 6.07) is 7.50. The molecule has 1 aromatic heterocycles. The first-order valence-corrected chi connectivity index (χ1v) is 10.5. The minimum Gasteiger partial charge on any atom is -0.481 e. The Morgan fingerprint density at radius 2 is 2.14 bits per heavy atom. The summed E-state index contributed by atoms with van der Waals surface area (Å²) >= 11 is 1.65. The van der Waals surface area contributed by atoms with Crippen LogP contribution in [0.4, 0.5) is 5.69 Å². The maximum absolute atomic E-state index is 12.3. The van der Waals surface area contributed by atoms with Crippen LogP contribution in [-0.4, -0.2) is 22.0 Å². The van der Waals surface area contributed by atoms with E-state index < -0.39 is 11.4 Å². The molecule has 1 fully saturated rings. The molecule has 1 atom stereocenters. The second kappa shape index (κ2) is 8.69. The Balaban J connectivity index is 1.62. The number of carboxylic acid groups (broad SMARTS) is 1. The van der Waals surface area contributed by atoms with Crippen molar-refractivity contribution in [2.24, 2.45) is 5.41 Å². The predicted molar refractivity (Wildman–Crippen MR) is 113 cm³/mol. The lowest BCUT2D eigenvalue weighted by atomic mass is 9.83. The van der Waals surface area contributed by atoms with Gasteiger partial charge in [0.15, 0.2) is 0 Å². The van der Waals surface area contributed by atoms with Gasteiger partial charge in [-0.1, -0.05) is 31.6 Å². The maximum Gasteiger partial charge on any atom is 0.309 e. The summed E-state index contributed by atoms with van der Waals surface area (Å²) in [5.41, 5.74) is 1.76. The summed E-state index contributed by atoms with van der Waals surface area (Å²) in [4.78, 5) is 28.4. The van der Waals surface area contributed by atoms with E-state index in [4.69, 9.17) is 4.98 Å². The molecule has 0 saturated heterocycles. The highest BCUT2D eigenvalue weighted by atomic mass is 32.1. The number of anilines is 1. The number of nitrogens with zero attached hydrogens (tertiary/aromatic N) is 1. The fraction of sp³-hybridized carbons (Fsp3) is 0.409. The number of rotatable bonds is 8. The molecule has 0 spiro atoms. The number of aromatic nitrogens is 1. The Bertz CT molecular complexity index is 885. The molecule has 0 aliphatic heterocycles. The standard InChI is InChI=1S/C22H26N2O3S/c1-3-22(2,21(26)27)13-19(25)23-17-9-4-6-15(12-17)10-11-20-24-18(14-28-20)16-7-5-8-16/h4,6,9-12,14,16H,3,5,7-8,13H2,1-2H3,(H,23,25)(H,26,27)/b11-10+. The molecule has 1 amide bonds. The molecule has 0 radical (unpaired) electrons. The number of carbonyl (C=O) groups is 2. The number of thiazole rings is 1. The van der Waals surface area contributed by atoms with Gasteiger partial charge in [0.25, 0.3) is 0 Å². The average Bonchev–Trinajstić information content (AvgIpc) is 3.06. The Morgan fingerprint density at radius 1 is 1.36 bits per heavy atom. The first-order valence-electron chi connectivity index (χ1n) is 9.66. The summed E-state index contributed by atoms with van der Waals surface area (Å²) < 4.78 is 0. The highest BCUT2D eigenvalue weighted by Gasteiger charge is 2.33. The van der Waals surface area contributed by atoms with Gasteiger partial charge in [-0.25, -0.2) is 4.98 Å². The third kappa shape index (κ3) is 4.87. The lowest BCUT2D eigenvalue weighted by Gasteiger charge is -2.22. The Kier molecular flexibility index (Phi) is 6.29. The van der Waals surface area contributed by atoms with E-state index in [0.717, 1.165) is 10.6 Å². The molecular formula is C22H26N2O3S. The van der Waals surface area contributed by atoms with Crippen LogP contribution < -0.4 is 5.32 Å². The van der Waals surface area contributed by atoms with E-state index in [0.29, 0.717) is 18.0 Å². The molecule has 5 nitrogen and oxygen atoms in total. The highest BCUT2D eigenvalue weighted by Crippen LogP contribution is 2.36. The van der Waals surface area contributed by atoms with Gasteiger partial charge in [-0.05, 0) is 50.0 Å². The van der Waals surface area contributed by atoms with Crippen LogP contribution >= 0.6 is 11.3 Å². The van der Waals surface area contributed by atoms with Crippen molar-refractivity contribution in [1.29, 1.82) is 0 Å². The molecule has 2 N–H and O–H groups in total. The normalized spacial score (nSPS) is 16.5. The van der Waals surface area contributed by atoms with E-state index in [1.165, 1.54) is 25.0 Å². The van der Waals surface area contributed by atoms with Gasteiger partial charge < -0.3 is 10.4 Å². The summed E-state index contributed by atoms with van der Waals surface area (Å²) in [7, 11) is 0. The van der Waals surface area contributed by atoms with Crippen molar-refractivity contribution < 1.29 is 14.7 Å². The fourth-order valence-electron chi connectivity index (χ4n) is 3.07. The van der Waals surface area contributed by atoms with E-state index in [9.17, 15) is 14.7 Å². The van der Waals surface area contributed by atoms with E-state index >= 15 is 0 Å². The number of benzene rings is 1. The molecular weight excluding hydrogens is 372 g/mol. The minimum absolute atomic E-state index is 0.0536. The van der Waals surface area contributed by atoms with Gasteiger partial charge >= 0.3 is 5.97 Å². The zero-order valence-electron chi connectivity index (χ0n) is 16.3. The quantitative estimate of drug-likeness (QED) is 0.623. The molecule has 28 heavy (non-hydrogen) atoms. The summed E-state index contributed by atoms with van der Waals surface area (Å²) in [5, 5.41) is 15.3. The maximum atomic E-state index is 12.3. The summed E-state index contributed by atoms with van der Waals surface area (Å²) in [6.07, 6.45) is 8.10. The monoisotopic (exact) mass is 398 g/mol. The number of hydrogen-bond acceptors (Lipinski definition) is 4. The summed E-state index contributed by atoms with van der Waals surface area (Å²) in [6.45, 7) is 3.38. The molecule has 1 aliphatic rings. The predicted octanol–water partition coefficient (Wildman–Crippen LogP) is 5.41. The molecule has 1 unspecified atom stereocenters. The Labute approximate surface area is 169 Å². The fourth-order valence-corrected chi connectivity index (χ4v) is 3.86. The van der Waals surface area contributed by atoms with Crippen LogP contribution in [0.3, 0.4) is 0 Å². The molecule has 1 aliphatic carbocycles. The van der Waals surface area contributed by atoms with Gasteiger partial charge in [0, 0.05) is 23.4 Å². The number of hydrogen-bond donors (Lipinski definition) is 2. The third-order valence-electron chi connectivity index (χ3n) is 5.50. The van der Waals surface area contributed by atoms with Crippen LogP contribution in [-0.2, 0) is 9.59 Å². The van der Waals surface area contributed by atoms with Crippen molar-refractivity contribution in [3.63, 3.8) is 0 Å². The first-order chi connectivity index (χ1) is 13.4. The second-order valence-corrected chi connectivity index (χ2v) is 8.53. The van der Waals surface area contributed by atoms with E-state index in [1.54, 1.807) is 31.3 Å². The van der Waals surface area contributed by atoms with Gasteiger partial charge in [0.2, 0.25) is 5.91 Å².